The Morgan fingerprint density at radius 3 is 2.94 bits per heavy atom. The van der Waals surface area contributed by atoms with Crippen LogP contribution in [-0.4, -0.2) is 17.9 Å². The predicted octanol–water partition coefficient (Wildman–Crippen LogP) is 1.22. The molecule has 0 bridgehead atoms. The van der Waals surface area contributed by atoms with Gasteiger partial charge in [0.05, 0.1) is 0 Å². The van der Waals surface area contributed by atoms with Gasteiger partial charge >= 0.3 is 0 Å². The van der Waals surface area contributed by atoms with Crippen LogP contribution in [0.15, 0.2) is 30.5 Å². The number of aromatic nitrogens is 1. The molecule has 82 valence electrons. The second kappa shape index (κ2) is 3.81. The number of rotatable bonds is 1. The SMILES string of the molecule is Cc1ccc2c(n1)N(C)C=CC2=CC(N)=O. The summed E-state index contributed by atoms with van der Waals surface area (Å²) in [6, 6.07) is 3.87. The van der Waals surface area contributed by atoms with E-state index in [-0.39, 0.29) is 0 Å². The number of amides is 1. The first kappa shape index (κ1) is 10.4. The van der Waals surface area contributed by atoms with Crippen molar-refractivity contribution in [1.82, 2.24) is 4.98 Å². The van der Waals surface area contributed by atoms with Gasteiger partial charge in [-0.3, -0.25) is 4.79 Å². The molecule has 0 radical (unpaired) electrons. The topological polar surface area (TPSA) is 59.2 Å². The van der Waals surface area contributed by atoms with Crippen molar-refractivity contribution in [1.29, 1.82) is 0 Å². The van der Waals surface area contributed by atoms with E-state index in [0.29, 0.717) is 0 Å². The molecule has 2 rings (SSSR count). The minimum absolute atomic E-state index is 0.448. The summed E-state index contributed by atoms with van der Waals surface area (Å²) in [4.78, 5) is 17.3. The van der Waals surface area contributed by atoms with Gasteiger partial charge in [0.2, 0.25) is 5.91 Å². The van der Waals surface area contributed by atoms with E-state index in [1.165, 1.54) is 6.08 Å². The van der Waals surface area contributed by atoms with Gasteiger partial charge in [0.15, 0.2) is 0 Å². The maximum absolute atomic E-state index is 10.9. The second-order valence-corrected chi connectivity index (χ2v) is 3.75. The fourth-order valence-corrected chi connectivity index (χ4v) is 1.67. The van der Waals surface area contributed by atoms with Crippen molar-refractivity contribution in [2.24, 2.45) is 5.73 Å². The molecule has 1 aromatic rings. The van der Waals surface area contributed by atoms with Gasteiger partial charge in [-0.2, -0.15) is 0 Å². The van der Waals surface area contributed by atoms with Crippen molar-refractivity contribution < 1.29 is 4.79 Å². The van der Waals surface area contributed by atoms with Crippen LogP contribution in [0.3, 0.4) is 0 Å². The maximum atomic E-state index is 10.9. The van der Waals surface area contributed by atoms with Gasteiger partial charge in [-0.05, 0) is 30.7 Å². The van der Waals surface area contributed by atoms with Crippen LogP contribution in [0.2, 0.25) is 0 Å². The number of anilines is 1. The Morgan fingerprint density at radius 1 is 1.50 bits per heavy atom. The maximum Gasteiger partial charge on any atom is 0.242 e. The number of nitrogens with two attached hydrogens (primary N) is 1. The number of carbonyl (C=O) groups excluding carboxylic acids is 1. The lowest BCUT2D eigenvalue weighted by molar-refractivity contribution is -0.113. The number of fused-ring (bicyclic) bond motifs is 1. The fourth-order valence-electron chi connectivity index (χ4n) is 1.67. The molecule has 0 saturated carbocycles. The summed E-state index contributed by atoms with van der Waals surface area (Å²) >= 11 is 0. The Labute approximate surface area is 94.1 Å². The Kier molecular flexibility index (Phi) is 2.48. The zero-order valence-corrected chi connectivity index (χ0v) is 9.27. The van der Waals surface area contributed by atoms with E-state index < -0.39 is 5.91 Å². The molecule has 4 nitrogen and oxygen atoms in total. The number of carbonyl (C=O) groups is 1. The number of allylic oxidation sites excluding steroid dienone is 2. The van der Waals surface area contributed by atoms with Gasteiger partial charge in [0.25, 0.3) is 0 Å². The summed E-state index contributed by atoms with van der Waals surface area (Å²) in [5.74, 6) is 0.394. The first-order valence-corrected chi connectivity index (χ1v) is 4.98. The Morgan fingerprint density at radius 2 is 2.25 bits per heavy atom. The quantitative estimate of drug-likeness (QED) is 0.716. The number of hydrogen-bond acceptors (Lipinski definition) is 3. The van der Waals surface area contributed by atoms with E-state index in [0.717, 1.165) is 22.6 Å². The van der Waals surface area contributed by atoms with Crippen LogP contribution < -0.4 is 10.6 Å². The van der Waals surface area contributed by atoms with Crippen LogP contribution in [0.25, 0.3) is 5.57 Å². The van der Waals surface area contributed by atoms with Gasteiger partial charge < -0.3 is 10.6 Å². The standard InChI is InChI=1S/C12H13N3O/c1-8-3-4-10-9(7-11(13)16)5-6-15(2)12(10)14-8/h3-7H,1-2H3,(H2,13,16). The number of hydrogen-bond donors (Lipinski definition) is 1. The molecule has 0 atom stereocenters. The van der Waals surface area contributed by atoms with Crippen molar-refractivity contribution in [3.63, 3.8) is 0 Å². The number of pyridine rings is 1. The van der Waals surface area contributed by atoms with Crippen molar-refractivity contribution in [2.45, 2.75) is 6.92 Å². The number of aryl methyl sites for hydroxylation is 1. The van der Waals surface area contributed by atoms with E-state index in [2.05, 4.69) is 4.98 Å². The Hall–Kier alpha value is -2.10. The summed E-state index contributed by atoms with van der Waals surface area (Å²) in [6.45, 7) is 1.93. The Bertz CT molecular complexity index is 503. The minimum Gasteiger partial charge on any atom is -0.366 e. The smallest absolute Gasteiger partial charge is 0.242 e. The highest BCUT2D eigenvalue weighted by atomic mass is 16.1. The molecule has 0 fully saturated rings. The summed E-state index contributed by atoms with van der Waals surface area (Å²) in [5.41, 5.74) is 7.83. The molecule has 0 saturated heterocycles. The minimum atomic E-state index is -0.448. The van der Waals surface area contributed by atoms with Gasteiger partial charge in [-0.25, -0.2) is 4.98 Å². The highest BCUT2D eigenvalue weighted by molar-refractivity contribution is 5.99. The van der Waals surface area contributed by atoms with Crippen molar-refractivity contribution >= 4 is 17.3 Å². The molecule has 2 heterocycles. The zero-order chi connectivity index (χ0) is 11.7. The van der Waals surface area contributed by atoms with Crippen LogP contribution >= 0.6 is 0 Å². The highest BCUT2D eigenvalue weighted by Gasteiger charge is 2.15. The van der Waals surface area contributed by atoms with Crippen LogP contribution in [0, 0.1) is 6.92 Å². The fraction of sp³-hybridized carbons (Fsp3) is 0.167. The molecule has 16 heavy (non-hydrogen) atoms. The molecule has 2 N–H and O–H groups in total. The van der Waals surface area contributed by atoms with Crippen LogP contribution in [0.5, 0.6) is 0 Å². The summed E-state index contributed by atoms with van der Waals surface area (Å²) < 4.78 is 0. The summed E-state index contributed by atoms with van der Waals surface area (Å²) in [7, 11) is 1.92. The molecular weight excluding hydrogens is 202 g/mol. The lowest BCUT2D eigenvalue weighted by Crippen LogP contribution is -2.17. The summed E-state index contributed by atoms with van der Waals surface area (Å²) in [6.07, 6.45) is 5.13. The van der Waals surface area contributed by atoms with Crippen molar-refractivity contribution in [3.8, 4) is 0 Å². The Balaban J connectivity index is 2.58. The average Bonchev–Trinajstić information content (AvgIpc) is 2.22. The summed E-state index contributed by atoms with van der Waals surface area (Å²) in [5, 5.41) is 0. The first-order valence-electron chi connectivity index (χ1n) is 4.98. The van der Waals surface area contributed by atoms with Crippen LogP contribution in [0.1, 0.15) is 11.3 Å². The van der Waals surface area contributed by atoms with Crippen molar-refractivity contribution in [3.05, 3.63) is 41.7 Å². The lowest BCUT2D eigenvalue weighted by Gasteiger charge is -2.22. The van der Waals surface area contributed by atoms with Gasteiger partial charge in [0.1, 0.15) is 5.82 Å². The molecule has 1 aliphatic heterocycles. The molecule has 0 aromatic carbocycles. The molecule has 0 spiro atoms. The predicted molar refractivity (Wildman–Crippen MR) is 63.7 cm³/mol. The lowest BCUT2D eigenvalue weighted by atomic mass is 10.0. The van der Waals surface area contributed by atoms with Crippen molar-refractivity contribution in [2.75, 3.05) is 11.9 Å². The second-order valence-electron chi connectivity index (χ2n) is 3.75. The van der Waals surface area contributed by atoms with E-state index >= 15 is 0 Å². The normalized spacial score (nSPS) is 16.4. The molecule has 4 heteroatoms. The van der Waals surface area contributed by atoms with Crippen LogP contribution in [0.4, 0.5) is 5.82 Å². The third kappa shape index (κ3) is 1.82. The van der Waals surface area contributed by atoms with E-state index in [4.69, 9.17) is 5.73 Å². The molecule has 1 amide bonds. The third-order valence-corrected chi connectivity index (χ3v) is 2.43. The number of nitrogens with zero attached hydrogens (tertiary/aromatic N) is 2. The van der Waals surface area contributed by atoms with Gasteiger partial charge in [0, 0.05) is 30.6 Å². The molecule has 1 aliphatic rings. The highest BCUT2D eigenvalue weighted by Crippen LogP contribution is 2.30. The van der Waals surface area contributed by atoms with E-state index in [1.807, 2.05) is 43.3 Å². The zero-order valence-electron chi connectivity index (χ0n) is 9.27. The molecule has 1 aromatic heterocycles. The monoisotopic (exact) mass is 215 g/mol. The first-order chi connectivity index (χ1) is 7.58. The van der Waals surface area contributed by atoms with Gasteiger partial charge in [-0.1, -0.05) is 0 Å². The van der Waals surface area contributed by atoms with Gasteiger partial charge in [-0.15, -0.1) is 0 Å². The molecule has 0 unspecified atom stereocenters. The molecular formula is C12H13N3O. The van der Waals surface area contributed by atoms with Crippen LogP contribution in [-0.2, 0) is 4.79 Å². The third-order valence-electron chi connectivity index (χ3n) is 2.43. The number of primary amides is 1. The average molecular weight is 215 g/mol. The largest absolute Gasteiger partial charge is 0.366 e. The molecule has 0 aliphatic carbocycles. The van der Waals surface area contributed by atoms with E-state index in [9.17, 15) is 4.79 Å². The van der Waals surface area contributed by atoms with E-state index in [1.54, 1.807) is 0 Å².